The van der Waals surface area contributed by atoms with Crippen molar-refractivity contribution in [1.82, 2.24) is 9.88 Å². The summed E-state index contributed by atoms with van der Waals surface area (Å²) in [5, 5.41) is 0. The van der Waals surface area contributed by atoms with Crippen molar-refractivity contribution in [3.63, 3.8) is 0 Å². The molecule has 0 saturated carbocycles. The normalized spacial score (nSPS) is 17.1. The topological polar surface area (TPSA) is 42.4 Å². The summed E-state index contributed by atoms with van der Waals surface area (Å²) < 4.78 is 5.35. The Morgan fingerprint density at radius 3 is 2.60 bits per heavy atom. The molecule has 0 aromatic carbocycles. The minimum Gasteiger partial charge on any atom is -0.379 e. The Hall–Kier alpha value is -1.26. The predicted octanol–water partition coefficient (Wildman–Crippen LogP) is 1.87. The van der Waals surface area contributed by atoms with E-state index in [2.05, 4.69) is 22.9 Å². The number of aryl methyl sites for hydroxylation is 1. The van der Waals surface area contributed by atoms with Gasteiger partial charge in [0.25, 0.3) is 0 Å². The Morgan fingerprint density at radius 2 is 2.05 bits per heavy atom. The highest BCUT2D eigenvalue weighted by molar-refractivity contribution is 5.89. The molecule has 4 nitrogen and oxygen atoms in total. The molecule has 0 bridgehead atoms. The molecule has 20 heavy (non-hydrogen) atoms. The maximum atomic E-state index is 12.6. The standard InChI is InChI=1S/C16H24N2O2/c1-4-13-5-6-14(17-12-13)11-15(19)16(2,3)18-7-9-20-10-8-18/h5-6,12H,4,7-11H2,1-3H3. The third-order valence-corrected chi connectivity index (χ3v) is 4.12. The molecule has 110 valence electrons. The number of hydrogen-bond donors (Lipinski definition) is 0. The molecule has 1 aromatic heterocycles. The van der Waals surface area contributed by atoms with Crippen LogP contribution in [0.5, 0.6) is 0 Å². The molecule has 0 N–H and O–H groups in total. The molecule has 1 saturated heterocycles. The van der Waals surface area contributed by atoms with Crippen molar-refractivity contribution in [3.8, 4) is 0 Å². The van der Waals surface area contributed by atoms with E-state index in [1.807, 2.05) is 26.1 Å². The Balaban J connectivity index is 2.01. The van der Waals surface area contributed by atoms with Gasteiger partial charge in [-0.2, -0.15) is 0 Å². The van der Waals surface area contributed by atoms with Crippen LogP contribution in [0.25, 0.3) is 0 Å². The molecule has 0 radical (unpaired) electrons. The summed E-state index contributed by atoms with van der Waals surface area (Å²) in [6.07, 6.45) is 3.24. The first kappa shape index (κ1) is 15.1. The average molecular weight is 276 g/mol. The van der Waals surface area contributed by atoms with Crippen LogP contribution >= 0.6 is 0 Å². The minimum absolute atomic E-state index is 0.219. The van der Waals surface area contributed by atoms with Gasteiger partial charge in [-0.15, -0.1) is 0 Å². The van der Waals surface area contributed by atoms with Gasteiger partial charge in [0.2, 0.25) is 0 Å². The second kappa shape index (κ2) is 6.46. The first-order valence-electron chi connectivity index (χ1n) is 7.34. The van der Waals surface area contributed by atoms with Gasteiger partial charge < -0.3 is 4.74 Å². The molecule has 1 aliphatic heterocycles. The van der Waals surface area contributed by atoms with Gasteiger partial charge in [0.15, 0.2) is 5.78 Å². The Labute approximate surface area is 121 Å². The first-order valence-corrected chi connectivity index (χ1v) is 7.34. The molecule has 2 heterocycles. The highest BCUT2D eigenvalue weighted by atomic mass is 16.5. The number of Topliss-reactive ketones (excluding diaryl/α,β-unsaturated/α-hetero) is 1. The summed E-state index contributed by atoms with van der Waals surface area (Å²) in [5.74, 6) is 0.219. The van der Waals surface area contributed by atoms with E-state index in [4.69, 9.17) is 4.74 Å². The van der Waals surface area contributed by atoms with E-state index in [0.717, 1.165) is 25.2 Å². The Bertz CT molecular complexity index is 448. The van der Waals surface area contributed by atoms with E-state index in [9.17, 15) is 4.79 Å². The van der Waals surface area contributed by atoms with E-state index in [-0.39, 0.29) is 5.78 Å². The zero-order valence-corrected chi connectivity index (χ0v) is 12.7. The summed E-state index contributed by atoms with van der Waals surface area (Å²) in [6.45, 7) is 9.16. The monoisotopic (exact) mass is 276 g/mol. The van der Waals surface area contributed by atoms with E-state index >= 15 is 0 Å². The summed E-state index contributed by atoms with van der Waals surface area (Å²) in [7, 11) is 0. The summed E-state index contributed by atoms with van der Waals surface area (Å²) in [5.41, 5.74) is 1.61. The summed E-state index contributed by atoms with van der Waals surface area (Å²) >= 11 is 0. The number of carbonyl (C=O) groups excluding carboxylic acids is 1. The van der Waals surface area contributed by atoms with Gasteiger partial charge >= 0.3 is 0 Å². The van der Waals surface area contributed by atoms with Gasteiger partial charge in [0.1, 0.15) is 0 Å². The highest BCUT2D eigenvalue weighted by Crippen LogP contribution is 2.19. The van der Waals surface area contributed by atoms with Gasteiger partial charge in [0.05, 0.1) is 25.2 Å². The van der Waals surface area contributed by atoms with Crippen molar-refractivity contribution in [2.75, 3.05) is 26.3 Å². The van der Waals surface area contributed by atoms with Gasteiger partial charge in [-0.1, -0.05) is 13.0 Å². The minimum atomic E-state index is -0.450. The number of aromatic nitrogens is 1. The van der Waals surface area contributed by atoms with Crippen LogP contribution in [0.3, 0.4) is 0 Å². The first-order chi connectivity index (χ1) is 9.54. The van der Waals surface area contributed by atoms with E-state index in [0.29, 0.717) is 19.6 Å². The second-order valence-corrected chi connectivity index (χ2v) is 5.77. The number of morpholine rings is 1. The molecule has 0 atom stereocenters. The third-order valence-electron chi connectivity index (χ3n) is 4.12. The average Bonchev–Trinajstić information content (AvgIpc) is 2.49. The molecular weight excluding hydrogens is 252 g/mol. The molecule has 0 unspecified atom stereocenters. The lowest BCUT2D eigenvalue weighted by atomic mass is 9.92. The summed E-state index contributed by atoms with van der Waals surface area (Å²) in [4.78, 5) is 19.2. The highest BCUT2D eigenvalue weighted by Gasteiger charge is 2.35. The van der Waals surface area contributed by atoms with Crippen LogP contribution in [-0.2, 0) is 22.4 Å². The Morgan fingerprint density at radius 1 is 1.35 bits per heavy atom. The lowest BCUT2D eigenvalue weighted by molar-refractivity contribution is -0.131. The zero-order valence-electron chi connectivity index (χ0n) is 12.7. The second-order valence-electron chi connectivity index (χ2n) is 5.77. The van der Waals surface area contributed by atoms with Gasteiger partial charge in [-0.05, 0) is 31.9 Å². The number of nitrogens with zero attached hydrogens (tertiary/aromatic N) is 2. The van der Waals surface area contributed by atoms with Crippen LogP contribution in [0.1, 0.15) is 32.0 Å². The number of rotatable bonds is 5. The van der Waals surface area contributed by atoms with Crippen LogP contribution in [0.4, 0.5) is 0 Å². The van der Waals surface area contributed by atoms with Gasteiger partial charge in [-0.25, -0.2) is 0 Å². The van der Waals surface area contributed by atoms with Crippen LogP contribution in [0.15, 0.2) is 18.3 Å². The van der Waals surface area contributed by atoms with Crippen molar-refractivity contribution in [1.29, 1.82) is 0 Å². The number of hydrogen-bond acceptors (Lipinski definition) is 4. The maximum Gasteiger partial charge on any atom is 0.158 e. The van der Waals surface area contributed by atoms with Crippen LogP contribution in [0, 0.1) is 0 Å². The van der Waals surface area contributed by atoms with Crippen LogP contribution in [0.2, 0.25) is 0 Å². The van der Waals surface area contributed by atoms with E-state index < -0.39 is 5.54 Å². The number of ketones is 1. The van der Waals surface area contributed by atoms with Crippen molar-refractivity contribution in [2.24, 2.45) is 0 Å². The molecule has 2 rings (SSSR count). The van der Waals surface area contributed by atoms with E-state index in [1.54, 1.807) is 0 Å². The van der Waals surface area contributed by atoms with Gasteiger partial charge in [-0.3, -0.25) is 14.7 Å². The third kappa shape index (κ3) is 3.44. The number of carbonyl (C=O) groups is 1. The lowest BCUT2D eigenvalue weighted by Crippen LogP contribution is -2.54. The van der Waals surface area contributed by atoms with Crippen molar-refractivity contribution in [3.05, 3.63) is 29.6 Å². The quantitative estimate of drug-likeness (QED) is 0.823. The summed E-state index contributed by atoms with van der Waals surface area (Å²) in [6, 6.07) is 4.02. The van der Waals surface area contributed by atoms with Gasteiger partial charge in [0, 0.05) is 25.0 Å². The fraction of sp³-hybridized carbons (Fsp3) is 0.625. The SMILES string of the molecule is CCc1ccc(CC(=O)C(C)(C)N2CCOCC2)nc1. The van der Waals surface area contributed by atoms with Crippen LogP contribution in [-0.4, -0.2) is 47.5 Å². The fourth-order valence-electron chi connectivity index (χ4n) is 2.45. The molecule has 4 heteroatoms. The van der Waals surface area contributed by atoms with Crippen molar-refractivity contribution < 1.29 is 9.53 Å². The predicted molar refractivity (Wildman–Crippen MR) is 78.8 cm³/mol. The van der Waals surface area contributed by atoms with Crippen LogP contribution < -0.4 is 0 Å². The molecule has 0 aliphatic carbocycles. The molecule has 1 fully saturated rings. The Kier molecular flexibility index (Phi) is 4.89. The molecule has 1 aliphatic rings. The molecular formula is C16H24N2O2. The fourth-order valence-corrected chi connectivity index (χ4v) is 2.45. The largest absolute Gasteiger partial charge is 0.379 e. The van der Waals surface area contributed by atoms with Crippen molar-refractivity contribution >= 4 is 5.78 Å². The maximum absolute atomic E-state index is 12.6. The number of ether oxygens (including phenoxy) is 1. The zero-order chi connectivity index (χ0) is 14.6. The molecule has 1 aromatic rings. The molecule has 0 amide bonds. The number of pyridine rings is 1. The lowest BCUT2D eigenvalue weighted by Gasteiger charge is -2.39. The van der Waals surface area contributed by atoms with E-state index in [1.165, 1.54) is 5.56 Å². The van der Waals surface area contributed by atoms with Crippen molar-refractivity contribution in [2.45, 2.75) is 39.2 Å². The smallest absolute Gasteiger partial charge is 0.158 e. The molecule has 0 spiro atoms.